The fraction of sp³-hybridized carbons (Fsp3) is 0.176. The number of ether oxygens (including phenoxy) is 2. The molecule has 0 bridgehead atoms. The highest BCUT2D eigenvalue weighted by atomic mass is 79.9. The highest BCUT2D eigenvalue weighted by Gasteiger charge is 2.17. The zero-order valence-corrected chi connectivity index (χ0v) is 16.7. The quantitative estimate of drug-likeness (QED) is 0.642. The second-order valence-corrected chi connectivity index (χ2v) is 6.84. The molecule has 2 aromatic rings. The molecule has 2 amide bonds. The molecule has 2 N–H and O–H groups in total. The van der Waals surface area contributed by atoms with Gasteiger partial charge in [0, 0.05) is 10.0 Å². The maximum Gasteiger partial charge on any atom is 0.279 e. The summed E-state index contributed by atoms with van der Waals surface area (Å²) in [5.74, 6) is -0.102. The molecule has 0 radical (unpaired) electrons. The molecule has 0 heterocycles. The summed E-state index contributed by atoms with van der Waals surface area (Å²) in [6, 6.07) is 11.5. The summed E-state index contributed by atoms with van der Waals surface area (Å²) in [5, 5.41) is 1.10. The summed E-state index contributed by atoms with van der Waals surface area (Å²) in [4.78, 5) is 23.7. The van der Waals surface area contributed by atoms with Crippen LogP contribution in [0.5, 0.6) is 11.5 Å². The van der Waals surface area contributed by atoms with Crippen molar-refractivity contribution in [2.75, 3.05) is 6.61 Å². The van der Waals surface area contributed by atoms with Crippen molar-refractivity contribution in [3.63, 3.8) is 0 Å². The second-order valence-electron chi connectivity index (χ2n) is 5.11. The molecule has 1 unspecified atom stereocenters. The second kappa shape index (κ2) is 9.66. The summed E-state index contributed by atoms with van der Waals surface area (Å²) >= 11 is 14.9. The number of nitrogens with one attached hydrogen (secondary N) is 2. The molecule has 2 aromatic carbocycles. The van der Waals surface area contributed by atoms with Crippen LogP contribution in [-0.4, -0.2) is 24.5 Å². The predicted octanol–water partition coefficient (Wildman–Crippen LogP) is 3.75. The van der Waals surface area contributed by atoms with Gasteiger partial charge in [-0.25, -0.2) is 0 Å². The largest absolute Gasteiger partial charge is 0.484 e. The third kappa shape index (κ3) is 6.40. The molecule has 26 heavy (non-hydrogen) atoms. The molecule has 6 nitrogen and oxygen atoms in total. The average Bonchev–Trinajstić information content (AvgIpc) is 2.61. The van der Waals surface area contributed by atoms with Crippen molar-refractivity contribution in [1.82, 2.24) is 10.9 Å². The molecular weight excluding hydrogens is 447 g/mol. The number of hydrazine groups is 1. The first-order valence-electron chi connectivity index (χ1n) is 7.44. The molecule has 0 aliphatic rings. The van der Waals surface area contributed by atoms with Crippen molar-refractivity contribution < 1.29 is 19.1 Å². The molecule has 0 saturated carbocycles. The van der Waals surface area contributed by atoms with Gasteiger partial charge in [-0.15, -0.1) is 0 Å². The minimum Gasteiger partial charge on any atom is -0.484 e. The molecule has 2 rings (SSSR count). The Morgan fingerprint density at radius 3 is 2.38 bits per heavy atom. The molecular formula is C17H15BrCl2N2O4. The Bertz CT molecular complexity index is 787. The highest BCUT2D eigenvalue weighted by molar-refractivity contribution is 9.10. The maximum absolute atomic E-state index is 12.0. The number of halogens is 3. The van der Waals surface area contributed by atoms with E-state index in [9.17, 15) is 9.59 Å². The molecule has 0 aliphatic carbocycles. The Morgan fingerprint density at radius 1 is 1.08 bits per heavy atom. The Labute approximate surface area is 168 Å². The topological polar surface area (TPSA) is 76.7 Å². The van der Waals surface area contributed by atoms with Gasteiger partial charge >= 0.3 is 0 Å². The molecule has 138 valence electrons. The summed E-state index contributed by atoms with van der Waals surface area (Å²) in [5.41, 5.74) is 4.52. The molecule has 9 heteroatoms. The zero-order chi connectivity index (χ0) is 19.1. The van der Waals surface area contributed by atoms with Gasteiger partial charge in [0.25, 0.3) is 11.8 Å². The maximum atomic E-state index is 12.0. The van der Waals surface area contributed by atoms with E-state index in [1.165, 1.54) is 0 Å². The van der Waals surface area contributed by atoms with Crippen LogP contribution in [0.15, 0.2) is 46.9 Å². The molecule has 0 fully saturated rings. The normalized spacial score (nSPS) is 11.4. The third-order valence-electron chi connectivity index (χ3n) is 3.08. The van der Waals surface area contributed by atoms with Gasteiger partial charge in [-0.2, -0.15) is 0 Å². The van der Waals surface area contributed by atoms with E-state index in [-0.39, 0.29) is 6.61 Å². The van der Waals surface area contributed by atoms with E-state index >= 15 is 0 Å². The van der Waals surface area contributed by atoms with Crippen molar-refractivity contribution in [1.29, 1.82) is 0 Å². The molecule has 0 saturated heterocycles. The van der Waals surface area contributed by atoms with Crippen LogP contribution in [0.2, 0.25) is 10.0 Å². The summed E-state index contributed by atoms with van der Waals surface area (Å²) in [6.07, 6.45) is -0.843. The Hall–Kier alpha value is -1.96. The Morgan fingerprint density at radius 2 is 1.73 bits per heavy atom. The van der Waals surface area contributed by atoms with Gasteiger partial charge < -0.3 is 9.47 Å². The Kier molecular flexibility index (Phi) is 7.56. The number of amides is 2. The zero-order valence-electron chi connectivity index (χ0n) is 13.6. The van der Waals surface area contributed by atoms with Crippen molar-refractivity contribution in [2.24, 2.45) is 0 Å². The number of hydrogen-bond donors (Lipinski definition) is 2. The fourth-order valence-corrected chi connectivity index (χ4v) is 2.67. The lowest BCUT2D eigenvalue weighted by atomic mass is 10.3. The van der Waals surface area contributed by atoms with Crippen LogP contribution in [0.3, 0.4) is 0 Å². The van der Waals surface area contributed by atoms with Gasteiger partial charge in [-0.05, 0) is 65.3 Å². The standard InChI is InChI=1S/C17H15BrCl2N2O4/c1-10(26-15-7-4-12(20)8-14(15)18)17(24)22-21-16(23)9-25-13-5-2-11(19)3-6-13/h2-8,10H,9H2,1H3,(H,21,23)(H,22,24). The van der Waals surface area contributed by atoms with Crippen molar-refractivity contribution >= 4 is 50.9 Å². The first kappa shape index (κ1) is 20.4. The summed E-state index contributed by atoms with van der Waals surface area (Å²) in [6.45, 7) is 1.28. The van der Waals surface area contributed by atoms with E-state index < -0.39 is 17.9 Å². The fourth-order valence-electron chi connectivity index (χ4n) is 1.76. The van der Waals surface area contributed by atoms with E-state index in [2.05, 4.69) is 26.8 Å². The van der Waals surface area contributed by atoms with Gasteiger partial charge in [0.2, 0.25) is 0 Å². The number of carbonyl (C=O) groups excluding carboxylic acids is 2. The van der Waals surface area contributed by atoms with Crippen molar-refractivity contribution in [3.05, 3.63) is 57.0 Å². The predicted molar refractivity (Wildman–Crippen MR) is 102 cm³/mol. The molecule has 0 aromatic heterocycles. The smallest absolute Gasteiger partial charge is 0.279 e. The van der Waals surface area contributed by atoms with Crippen LogP contribution in [-0.2, 0) is 9.59 Å². The highest BCUT2D eigenvalue weighted by Crippen LogP contribution is 2.28. The van der Waals surface area contributed by atoms with E-state index in [1.807, 2.05) is 0 Å². The number of hydrogen-bond acceptors (Lipinski definition) is 4. The monoisotopic (exact) mass is 460 g/mol. The van der Waals surface area contributed by atoms with Crippen molar-refractivity contribution in [2.45, 2.75) is 13.0 Å². The minimum atomic E-state index is -0.843. The van der Waals surface area contributed by atoms with Crippen LogP contribution in [0.1, 0.15) is 6.92 Å². The van der Waals surface area contributed by atoms with E-state index in [4.69, 9.17) is 32.7 Å². The minimum absolute atomic E-state index is 0.264. The third-order valence-corrected chi connectivity index (χ3v) is 4.18. The number of carbonyl (C=O) groups is 2. The number of benzene rings is 2. The lowest BCUT2D eigenvalue weighted by molar-refractivity contribution is -0.133. The molecule has 1 atom stereocenters. The van der Waals surface area contributed by atoms with Crippen LogP contribution in [0, 0.1) is 0 Å². The van der Waals surface area contributed by atoms with E-state index in [0.29, 0.717) is 26.0 Å². The number of rotatable bonds is 6. The SMILES string of the molecule is CC(Oc1ccc(Cl)cc1Br)C(=O)NNC(=O)COc1ccc(Cl)cc1. The van der Waals surface area contributed by atoms with Gasteiger partial charge in [0.15, 0.2) is 12.7 Å². The van der Waals surface area contributed by atoms with Gasteiger partial charge in [0.05, 0.1) is 4.47 Å². The molecule has 0 aliphatic heterocycles. The van der Waals surface area contributed by atoms with Gasteiger partial charge in [-0.3, -0.25) is 20.4 Å². The van der Waals surface area contributed by atoms with Crippen LogP contribution in [0.25, 0.3) is 0 Å². The summed E-state index contributed by atoms with van der Waals surface area (Å²) < 4.78 is 11.4. The average molecular weight is 462 g/mol. The first-order valence-corrected chi connectivity index (χ1v) is 8.99. The van der Waals surface area contributed by atoms with Gasteiger partial charge in [0.1, 0.15) is 11.5 Å². The van der Waals surface area contributed by atoms with Crippen molar-refractivity contribution in [3.8, 4) is 11.5 Å². The lowest BCUT2D eigenvalue weighted by Gasteiger charge is -2.16. The summed E-state index contributed by atoms with van der Waals surface area (Å²) in [7, 11) is 0. The Balaban J connectivity index is 1.76. The van der Waals surface area contributed by atoms with Crippen LogP contribution >= 0.6 is 39.1 Å². The van der Waals surface area contributed by atoms with Crippen LogP contribution in [0.4, 0.5) is 0 Å². The molecule has 0 spiro atoms. The van der Waals surface area contributed by atoms with Gasteiger partial charge in [-0.1, -0.05) is 23.2 Å². The lowest BCUT2D eigenvalue weighted by Crippen LogP contribution is -2.48. The van der Waals surface area contributed by atoms with E-state index in [0.717, 1.165) is 0 Å². The van der Waals surface area contributed by atoms with E-state index in [1.54, 1.807) is 49.4 Å². The first-order chi connectivity index (χ1) is 12.3. The van der Waals surface area contributed by atoms with Crippen LogP contribution < -0.4 is 20.3 Å².